The summed E-state index contributed by atoms with van der Waals surface area (Å²) in [7, 11) is 0. The van der Waals surface area contributed by atoms with Gasteiger partial charge in [-0.05, 0) is 32.1 Å². The van der Waals surface area contributed by atoms with E-state index >= 15 is 0 Å². The van der Waals surface area contributed by atoms with Crippen molar-refractivity contribution in [3.8, 4) is 0 Å². The highest BCUT2D eigenvalue weighted by molar-refractivity contribution is 5.90. The summed E-state index contributed by atoms with van der Waals surface area (Å²) in [4.78, 5) is 23.9. The molecule has 1 N–H and O–H groups in total. The van der Waals surface area contributed by atoms with Gasteiger partial charge in [-0.1, -0.05) is 19.3 Å². The lowest BCUT2D eigenvalue weighted by Gasteiger charge is -2.51. The maximum atomic E-state index is 12.8. The summed E-state index contributed by atoms with van der Waals surface area (Å²) in [5.41, 5.74) is -1.64. The SMILES string of the molecule is O=C(N(C1CCCCC1)C1(C(=O)O)CCC1)C(F)(F)F. The Kier molecular flexibility index (Phi) is 3.97. The Labute approximate surface area is 114 Å². The van der Waals surface area contributed by atoms with Gasteiger partial charge in [-0.15, -0.1) is 0 Å². The molecule has 2 aliphatic carbocycles. The Morgan fingerprint density at radius 2 is 1.60 bits per heavy atom. The molecule has 4 nitrogen and oxygen atoms in total. The van der Waals surface area contributed by atoms with Gasteiger partial charge in [-0.25, -0.2) is 4.79 Å². The van der Waals surface area contributed by atoms with Crippen molar-refractivity contribution < 1.29 is 27.9 Å². The predicted octanol–water partition coefficient (Wildman–Crippen LogP) is 2.72. The molecule has 2 aliphatic rings. The van der Waals surface area contributed by atoms with E-state index in [0.29, 0.717) is 24.2 Å². The zero-order valence-electron chi connectivity index (χ0n) is 11.1. The van der Waals surface area contributed by atoms with E-state index in [2.05, 4.69) is 0 Å². The first kappa shape index (κ1) is 15.1. The van der Waals surface area contributed by atoms with E-state index in [1.807, 2.05) is 0 Å². The highest BCUT2D eigenvalue weighted by atomic mass is 19.4. The second-order valence-corrected chi connectivity index (χ2v) is 5.66. The average Bonchev–Trinajstić information content (AvgIpc) is 2.32. The number of aliphatic carboxylic acids is 1. The van der Waals surface area contributed by atoms with Gasteiger partial charge in [0.2, 0.25) is 0 Å². The van der Waals surface area contributed by atoms with E-state index < -0.39 is 29.6 Å². The summed E-state index contributed by atoms with van der Waals surface area (Å²) in [5, 5.41) is 9.34. The normalized spacial score (nSPS) is 22.9. The zero-order chi connectivity index (χ0) is 15.0. The summed E-state index contributed by atoms with van der Waals surface area (Å²) >= 11 is 0. The standard InChI is InChI=1S/C13H18F3NO3/c14-13(15,16)10(18)17(9-5-2-1-3-6-9)12(11(19)20)7-4-8-12/h9H,1-8H2,(H,19,20). The van der Waals surface area contributed by atoms with Gasteiger partial charge in [0.25, 0.3) is 0 Å². The Morgan fingerprint density at radius 3 is 1.95 bits per heavy atom. The van der Waals surface area contributed by atoms with Gasteiger partial charge < -0.3 is 10.0 Å². The third-order valence-electron chi connectivity index (χ3n) is 4.44. The quantitative estimate of drug-likeness (QED) is 0.870. The van der Waals surface area contributed by atoms with Gasteiger partial charge >= 0.3 is 18.1 Å². The highest BCUT2D eigenvalue weighted by Gasteiger charge is 2.58. The molecule has 0 bridgehead atoms. The molecule has 20 heavy (non-hydrogen) atoms. The minimum absolute atomic E-state index is 0.112. The summed E-state index contributed by atoms with van der Waals surface area (Å²) in [6.45, 7) is 0. The fourth-order valence-corrected chi connectivity index (χ4v) is 3.25. The van der Waals surface area contributed by atoms with E-state index in [1.54, 1.807) is 0 Å². The number of rotatable bonds is 3. The maximum Gasteiger partial charge on any atom is 0.471 e. The number of amides is 1. The lowest BCUT2D eigenvalue weighted by molar-refractivity contribution is -0.204. The summed E-state index contributed by atoms with van der Waals surface area (Å²) in [5.74, 6) is -3.31. The largest absolute Gasteiger partial charge is 0.479 e. The topological polar surface area (TPSA) is 57.6 Å². The molecule has 114 valence electrons. The third-order valence-corrected chi connectivity index (χ3v) is 4.44. The molecule has 0 unspecified atom stereocenters. The van der Waals surface area contributed by atoms with Crippen LogP contribution in [0.25, 0.3) is 0 Å². The van der Waals surface area contributed by atoms with Crippen molar-refractivity contribution in [2.24, 2.45) is 0 Å². The van der Waals surface area contributed by atoms with Gasteiger partial charge in [-0.2, -0.15) is 13.2 Å². The lowest BCUT2D eigenvalue weighted by atomic mass is 9.73. The molecular weight excluding hydrogens is 275 g/mol. The molecule has 2 fully saturated rings. The van der Waals surface area contributed by atoms with Crippen molar-refractivity contribution in [3.05, 3.63) is 0 Å². The van der Waals surface area contributed by atoms with Crippen LogP contribution in [0.4, 0.5) is 13.2 Å². The van der Waals surface area contributed by atoms with Crippen molar-refractivity contribution in [1.82, 2.24) is 4.90 Å². The second-order valence-electron chi connectivity index (χ2n) is 5.66. The Bertz CT molecular complexity index is 398. The Balaban J connectivity index is 2.33. The van der Waals surface area contributed by atoms with Crippen LogP contribution in [0.2, 0.25) is 0 Å². The highest BCUT2D eigenvalue weighted by Crippen LogP contribution is 2.43. The molecule has 2 rings (SSSR count). The molecule has 0 radical (unpaired) electrons. The van der Waals surface area contributed by atoms with E-state index in [4.69, 9.17) is 0 Å². The first-order valence-electron chi connectivity index (χ1n) is 6.93. The predicted molar refractivity (Wildman–Crippen MR) is 64.0 cm³/mol. The van der Waals surface area contributed by atoms with Crippen molar-refractivity contribution in [1.29, 1.82) is 0 Å². The van der Waals surface area contributed by atoms with Crippen LogP contribution in [0.3, 0.4) is 0 Å². The smallest absolute Gasteiger partial charge is 0.471 e. The molecule has 0 atom stereocenters. The summed E-state index contributed by atoms with van der Waals surface area (Å²) in [6.07, 6.45) is -0.945. The zero-order valence-corrected chi connectivity index (χ0v) is 11.1. The van der Waals surface area contributed by atoms with Crippen molar-refractivity contribution in [2.75, 3.05) is 0 Å². The van der Waals surface area contributed by atoms with E-state index in [1.165, 1.54) is 0 Å². The van der Waals surface area contributed by atoms with E-state index in [9.17, 15) is 27.9 Å². The third kappa shape index (κ3) is 2.50. The van der Waals surface area contributed by atoms with Gasteiger partial charge in [0, 0.05) is 6.04 Å². The Hall–Kier alpha value is -1.27. The molecule has 0 aliphatic heterocycles. The van der Waals surface area contributed by atoms with E-state index in [0.717, 1.165) is 19.3 Å². The van der Waals surface area contributed by atoms with Crippen molar-refractivity contribution >= 4 is 11.9 Å². The number of carbonyl (C=O) groups is 2. The molecule has 7 heteroatoms. The fourth-order valence-electron chi connectivity index (χ4n) is 3.25. The van der Waals surface area contributed by atoms with Crippen molar-refractivity contribution in [2.45, 2.75) is 69.1 Å². The van der Waals surface area contributed by atoms with Gasteiger partial charge in [0.1, 0.15) is 5.54 Å². The van der Waals surface area contributed by atoms with Gasteiger partial charge in [0.15, 0.2) is 0 Å². The first-order chi connectivity index (χ1) is 9.29. The number of nitrogens with zero attached hydrogens (tertiary/aromatic N) is 1. The molecule has 1 amide bonds. The number of carboxylic acid groups (broad SMARTS) is 1. The van der Waals surface area contributed by atoms with Crippen LogP contribution in [0.5, 0.6) is 0 Å². The van der Waals surface area contributed by atoms with Gasteiger partial charge in [0.05, 0.1) is 0 Å². The molecule has 0 aromatic rings. The molecule has 0 spiro atoms. The number of carboxylic acids is 1. The molecule has 0 aromatic carbocycles. The van der Waals surface area contributed by atoms with E-state index in [-0.39, 0.29) is 12.8 Å². The lowest BCUT2D eigenvalue weighted by Crippen LogP contribution is -2.66. The number of carbonyl (C=O) groups excluding carboxylic acids is 1. The molecule has 2 saturated carbocycles. The minimum atomic E-state index is -5.02. The molecule has 0 heterocycles. The maximum absolute atomic E-state index is 12.8. The number of alkyl halides is 3. The molecule has 0 saturated heterocycles. The number of hydrogen-bond acceptors (Lipinski definition) is 2. The minimum Gasteiger partial charge on any atom is -0.479 e. The monoisotopic (exact) mass is 293 g/mol. The van der Waals surface area contributed by atoms with Crippen molar-refractivity contribution in [3.63, 3.8) is 0 Å². The van der Waals surface area contributed by atoms with Gasteiger partial charge in [-0.3, -0.25) is 4.79 Å². The van der Waals surface area contributed by atoms with Crippen LogP contribution in [-0.4, -0.2) is 39.6 Å². The van der Waals surface area contributed by atoms with Crippen LogP contribution in [0.1, 0.15) is 51.4 Å². The molecule has 0 aromatic heterocycles. The van der Waals surface area contributed by atoms with Crippen LogP contribution >= 0.6 is 0 Å². The van der Waals surface area contributed by atoms with Crippen LogP contribution in [0.15, 0.2) is 0 Å². The van der Waals surface area contributed by atoms with Crippen LogP contribution in [-0.2, 0) is 9.59 Å². The average molecular weight is 293 g/mol. The number of hydrogen-bond donors (Lipinski definition) is 1. The fraction of sp³-hybridized carbons (Fsp3) is 0.846. The Morgan fingerprint density at radius 1 is 1.05 bits per heavy atom. The first-order valence-corrected chi connectivity index (χ1v) is 6.93. The molecular formula is C13H18F3NO3. The van der Waals surface area contributed by atoms with Crippen LogP contribution < -0.4 is 0 Å². The summed E-state index contributed by atoms with van der Waals surface area (Å²) < 4.78 is 38.5. The second kappa shape index (κ2) is 5.26. The van der Waals surface area contributed by atoms with Crippen LogP contribution in [0, 0.1) is 0 Å². The summed E-state index contributed by atoms with van der Waals surface area (Å²) in [6, 6.07) is -0.603. The number of halogens is 3.